The Bertz CT molecular complexity index is 894. The van der Waals surface area contributed by atoms with Gasteiger partial charge in [-0.3, -0.25) is 4.98 Å². The van der Waals surface area contributed by atoms with E-state index in [1.807, 2.05) is 12.4 Å². The van der Waals surface area contributed by atoms with Gasteiger partial charge in [-0.25, -0.2) is 4.57 Å². The van der Waals surface area contributed by atoms with Gasteiger partial charge in [0.25, 0.3) is 0 Å². The molecule has 0 saturated carbocycles. The minimum absolute atomic E-state index is 1.01. The van der Waals surface area contributed by atoms with Crippen molar-refractivity contribution in [1.82, 2.24) is 4.98 Å². The van der Waals surface area contributed by atoms with E-state index in [9.17, 15) is 0 Å². The molecule has 0 fully saturated rings. The highest BCUT2D eigenvalue weighted by Crippen LogP contribution is 2.36. The standard InChI is InChI=1S/C20H19N2/c1-13-4-5-14(2)17(8-13)20-10-16-9-15-6-7-21-11-18(15)19(16)12-22(20)3/h4-8,10-12H,9H2,1-3H3/q+1. The average Bonchev–Trinajstić information content (AvgIpc) is 2.87. The van der Waals surface area contributed by atoms with Gasteiger partial charge in [0.1, 0.15) is 7.05 Å². The molecule has 2 nitrogen and oxygen atoms in total. The lowest BCUT2D eigenvalue weighted by atomic mass is 9.99. The summed E-state index contributed by atoms with van der Waals surface area (Å²) >= 11 is 0. The summed E-state index contributed by atoms with van der Waals surface area (Å²) < 4.78 is 2.24. The molecule has 1 aliphatic rings. The molecule has 4 rings (SSSR count). The number of hydrogen-bond acceptors (Lipinski definition) is 1. The Labute approximate surface area is 131 Å². The molecule has 0 radical (unpaired) electrons. The second-order valence-corrected chi connectivity index (χ2v) is 6.24. The smallest absolute Gasteiger partial charge is 0.212 e. The van der Waals surface area contributed by atoms with Crippen molar-refractivity contribution in [1.29, 1.82) is 0 Å². The number of hydrogen-bond donors (Lipinski definition) is 0. The molecule has 2 aromatic heterocycles. The van der Waals surface area contributed by atoms with Crippen LogP contribution in [0.3, 0.4) is 0 Å². The van der Waals surface area contributed by atoms with Crippen LogP contribution in [-0.2, 0) is 13.5 Å². The van der Waals surface area contributed by atoms with Crippen LogP contribution in [0.15, 0.2) is 48.9 Å². The number of benzene rings is 1. The summed E-state index contributed by atoms with van der Waals surface area (Å²) in [6.45, 7) is 4.33. The van der Waals surface area contributed by atoms with E-state index >= 15 is 0 Å². The fourth-order valence-electron chi connectivity index (χ4n) is 3.38. The van der Waals surface area contributed by atoms with E-state index in [4.69, 9.17) is 0 Å². The van der Waals surface area contributed by atoms with E-state index in [0.717, 1.165) is 6.42 Å². The highest BCUT2D eigenvalue weighted by molar-refractivity contribution is 5.76. The van der Waals surface area contributed by atoms with Crippen LogP contribution >= 0.6 is 0 Å². The summed E-state index contributed by atoms with van der Waals surface area (Å²) in [5.41, 5.74) is 10.6. The van der Waals surface area contributed by atoms with Gasteiger partial charge in [-0.2, -0.15) is 0 Å². The number of aromatic nitrogens is 2. The molecule has 108 valence electrons. The fourth-order valence-corrected chi connectivity index (χ4v) is 3.38. The molecule has 0 atom stereocenters. The quantitative estimate of drug-likeness (QED) is 0.487. The summed E-state index contributed by atoms with van der Waals surface area (Å²) in [7, 11) is 2.13. The molecule has 0 saturated heterocycles. The Morgan fingerprint density at radius 1 is 0.955 bits per heavy atom. The van der Waals surface area contributed by atoms with Crippen molar-refractivity contribution in [2.24, 2.45) is 7.05 Å². The van der Waals surface area contributed by atoms with E-state index in [0.29, 0.717) is 0 Å². The lowest BCUT2D eigenvalue weighted by Crippen LogP contribution is -2.31. The molecular formula is C20H19N2+. The summed E-state index contributed by atoms with van der Waals surface area (Å²) in [6, 6.07) is 11.1. The van der Waals surface area contributed by atoms with Crippen molar-refractivity contribution in [2.45, 2.75) is 20.3 Å². The zero-order chi connectivity index (χ0) is 15.3. The Morgan fingerprint density at radius 3 is 2.68 bits per heavy atom. The SMILES string of the molecule is Cc1ccc(C)c(-c2cc3c(c[n+]2C)-c2cnccc2C3)c1. The van der Waals surface area contributed by atoms with Crippen molar-refractivity contribution in [3.8, 4) is 22.4 Å². The second-order valence-electron chi connectivity index (χ2n) is 6.24. The van der Waals surface area contributed by atoms with Gasteiger partial charge in [0.05, 0.1) is 5.56 Å². The van der Waals surface area contributed by atoms with E-state index in [-0.39, 0.29) is 0 Å². The maximum Gasteiger partial charge on any atom is 0.212 e. The van der Waals surface area contributed by atoms with E-state index in [1.54, 1.807) is 0 Å². The molecule has 0 bridgehead atoms. The molecule has 0 unspecified atom stereocenters. The molecule has 0 spiro atoms. The van der Waals surface area contributed by atoms with Crippen molar-refractivity contribution in [3.63, 3.8) is 0 Å². The minimum atomic E-state index is 1.01. The molecule has 22 heavy (non-hydrogen) atoms. The molecule has 3 aromatic rings. The summed E-state index contributed by atoms with van der Waals surface area (Å²) in [6.07, 6.45) is 7.13. The fraction of sp³-hybridized carbons (Fsp3) is 0.200. The van der Waals surface area contributed by atoms with Gasteiger partial charge in [0, 0.05) is 29.6 Å². The predicted molar refractivity (Wildman–Crippen MR) is 88.6 cm³/mol. The van der Waals surface area contributed by atoms with Gasteiger partial charge in [-0.15, -0.1) is 0 Å². The topological polar surface area (TPSA) is 16.8 Å². The van der Waals surface area contributed by atoms with E-state index in [1.165, 1.54) is 44.6 Å². The second kappa shape index (κ2) is 4.77. The average molecular weight is 287 g/mol. The third-order valence-corrected chi connectivity index (χ3v) is 4.61. The Hall–Kier alpha value is -2.48. The summed E-state index contributed by atoms with van der Waals surface area (Å²) in [5, 5.41) is 0. The first kappa shape index (κ1) is 13.2. The van der Waals surface area contributed by atoms with Crippen molar-refractivity contribution in [2.75, 3.05) is 0 Å². The molecule has 2 heteroatoms. The third-order valence-electron chi connectivity index (χ3n) is 4.61. The third kappa shape index (κ3) is 1.95. The van der Waals surface area contributed by atoms with Crippen molar-refractivity contribution in [3.05, 3.63) is 71.2 Å². The molecule has 2 heterocycles. The first-order valence-corrected chi connectivity index (χ1v) is 7.67. The number of fused-ring (bicyclic) bond motifs is 3. The van der Waals surface area contributed by atoms with Crippen LogP contribution in [0.1, 0.15) is 22.3 Å². The molecule has 0 N–H and O–H groups in total. The highest BCUT2D eigenvalue weighted by atomic mass is 14.9. The highest BCUT2D eigenvalue weighted by Gasteiger charge is 2.24. The van der Waals surface area contributed by atoms with Gasteiger partial charge in [-0.1, -0.05) is 17.7 Å². The molecule has 1 aromatic carbocycles. The van der Waals surface area contributed by atoms with Gasteiger partial charge >= 0.3 is 0 Å². The van der Waals surface area contributed by atoms with Gasteiger partial charge in [-0.05, 0) is 49.1 Å². The zero-order valence-electron chi connectivity index (χ0n) is 13.2. The van der Waals surface area contributed by atoms with Crippen LogP contribution in [0.5, 0.6) is 0 Å². The Morgan fingerprint density at radius 2 is 1.82 bits per heavy atom. The van der Waals surface area contributed by atoms with E-state index < -0.39 is 0 Å². The van der Waals surface area contributed by atoms with Crippen LogP contribution < -0.4 is 4.57 Å². The number of nitrogens with zero attached hydrogens (tertiary/aromatic N) is 2. The molecule has 0 amide bonds. The summed E-state index contributed by atoms with van der Waals surface area (Å²) in [4.78, 5) is 4.28. The largest absolute Gasteiger partial charge is 0.264 e. The van der Waals surface area contributed by atoms with E-state index in [2.05, 4.69) is 67.0 Å². The summed E-state index contributed by atoms with van der Waals surface area (Å²) in [5.74, 6) is 0. The predicted octanol–water partition coefficient (Wildman–Crippen LogP) is 3.76. The Balaban J connectivity index is 1.92. The van der Waals surface area contributed by atoms with Crippen LogP contribution in [0.4, 0.5) is 0 Å². The number of aryl methyl sites for hydroxylation is 3. The van der Waals surface area contributed by atoms with Gasteiger partial charge < -0.3 is 0 Å². The molecular weight excluding hydrogens is 268 g/mol. The zero-order valence-corrected chi connectivity index (χ0v) is 13.2. The van der Waals surface area contributed by atoms with Crippen LogP contribution in [0.25, 0.3) is 22.4 Å². The molecule has 0 aliphatic heterocycles. The van der Waals surface area contributed by atoms with Crippen molar-refractivity contribution < 1.29 is 4.57 Å². The maximum atomic E-state index is 4.28. The van der Waals surface area contributed by atoms with Crippen LogP contribution in [0.2, 0.25) is 0 Å². The number of rotatable bonds is 1. The van der Waals surface area contributed by atoms with Crippen LogP contribution in [-0.4, -0.2) is 4.98 Å². The monoisotopic (exact) mass is 287 g/mol. The first-order chi connectivity index (χ1) is 10.6. The van der Waals surface area contributed by atoms with Gasteiger partial charge in [0.15, 0.2) is 6.20 Å². The Kier molecular flexibility index (Phi) is 2.86. The molecule has 1 aliphatic carbocycles. The van der Waals surface area contributed by atoms with Gasteiger partial charge in [0.2, 0.25) is 5.69 Å². The minimum Gasteiger partial charge on any atom is -0.264 e. The normalized spacial score (nSPS) is 12.1. The van der Waals surface area contributed by atoms with Crippen molar-refractivity contribution >= 4 is 0 Å². The van der Waals surface area contributed by atoms with Crippen LogP contribution in [0, 0.1) is 13.8 Å². The number of pyridine rings is 2. The maximum absolute atomic E-state index is 4.28. The lowest BCUT2D eigenvalue weighted by Gasteiger charge is -2.08. The first-order valence-electron chi connectivity index (χ1n) is 7.67. The lowest BCUT2D eigenvalue weighted by molar-refractivity contribution is -0.659.